The van der Waals surface area contributed by atoms with Gasteiger partial charge in [0.05, 0.1) is 6.61 Å². The molecule has 0 N–H and O–H groups in total. The molecule has 24 heavy (non-hydrogen) atoms. The summed E-state index contributed by atoms with van der Waals surface area (Å²) in [5.74, 6) is 0.00464. The number of hydrogen-bond acceptors (Lipinski definition) is 1. The molecule has 0 spiro atoms. The first-order valence-corrected chi connectivity index (χ1v) is 8.82. The molecule has 0 saturated heterocycles. The number of halogens is 2. The standard InChI is InChI=1S/C20H21BF2O/c1-11-6-7-13-14-8-9-15(24-10-12-4-2-3-5-12)20(23)17(14)18(21)16(13)19(11)22/h6-9,12,18H,2-5,10,21H2,1H3. The lowest BCUT2D eigenvalue weighted by atomic mass is 9.78. The Balaban J connectivity index is 1.69. The van der Waals surface area contributed by atoms with Crippen molar-refractivity contribution >= 4 is 7.85 Å². The molecule has 4 rings (SSSR count). The van der Waals surface area contributed by atoms with Crippen LogP contribution in [-0.2, 0) is 0 Å². The second kappa shape index (κ2) is 5.91. The van der Waals surface area contributed by atoms with Gasteiger partial charge in [-0.3, -0.25) is 0 Å². The van der Waals surface area contributed by atoms with Crippen LogP contribution in [0.15, 0.2) is 24.3 Å². The molecule has 4 heteroatoms. The second-order valence-electron chi connectivity index (χ2n) is 7.18. The van der Waals surface area contributed by atoms with Gasteiger partial charge in [-0.2, -0.15) is 0 Å². The van der Waals surface area contributed by atoms with Gasteiger partial charge in [0.15, 0.2) is 11.6 Å². The summed E-state index contributed by atoms with van der Waals surface area (Å²) in [6.45, 7) is 2.32. The maximum absolute atomic E-state index is 15.0. The van der Waals surface area contributed by atoms with Crippen molar-refractivity contribution in [1.29, 1.82) is 0 Å². The van der Waals surface area contributed by atoms with Crippen LogP contribution in [0.25, 0.3) is 11.1 Å². The summed E-state index contributed by atoms with van der Waals surface area (Å²) in [5.41, 5.74) is 3.38. The molecule has 2 aliphatic carbocycles. The average Bonchev–Trinajstić information content (AvgIpc) is 3.18. The number of aryl methyl sites for hydroxylation is 1. The van der Waals surface area contributed by atoms with Gasteiger partial charge in [-0.15, -0.1) is 0 Å². The number of rotatable bonds is 3. The third-order valence-electron chi connectivity index (χ3n) is 5.62. The molecule has 1 nitrogen and oxygen atoms in total. The van der Waals surface area contributed by atoms with E-state index in [1.54, 1.807) is 19.1 Å². The third-order valence-corrected chi connectivity index (χ3v) is 5.62. The maximum Gasteiger partial charge on any atom is 0.168 e. The number of benzene rings is 2. The Morgan fingerprint density at radius 2 is 1.62 bits per heavy atom. The van der Waals surface area contributed by atoms with Crippen LogP contribution < -0.4 is 4.74 Å². The van der Waals surface area contributed by atoms with Gasteiger partial charge in [0.2, 0.25) is 0 Å². The Morgan fingerprint density at radius 1 is 1.00 bits per heavy atom. The fraction of sp³-hybridized carbons (Fsp3) is 0.400. The van der Waals surface area contributed by atoms with Gasteiger partial charge >= 0.3 is 0 Å². The molecule has 1 unspecified atom stereocenters. The normalized spacial score (nSPS) is 19.4. The van der Waals surface area contributed by atoms with E-state index in [1.807, 2.05) is 20.0 Å². The van der Waals surface area contributed by atoms with Crippen LogP contribution in [0.2, 0.25) is 0 Å². The van der Waals surface area contributed by atoms with E-state index in [0.29, 0.717) is 35.0 Å². The molecule has 0 aromatic heterocycles. The first-order valence-electron chi connectivity index (χ1n) is 8.82. The van der Waals surface area contributed by atoms with E-state index in [0.717, 1.165) is 11.1 Å². The highest BCUT2D eigenvalue weighted by atomic mass is 19.1. The van der Waals surface area contributed by atoms with E-state index in [1.165, 1.54) is 25.7 Å². The highest BCUT2D eigenvalue weighted by molar-refractivity contribution is 6.17. The zero-order chi connectivity index (χ0) is 16.8. The van der Waals surface area contributed by atoms with E-state index >= 15 is 4.39 Å². The van der Waals surface area contributed by atoms with Crippen LogP contribution in [0.3, 0.4) is 0 Å². The zero-order valence-electron chi connectivity index (χ0n) is 14.2. The van der Waals surface area contributed by atoms with Gasteiger partial charge in [-0.25, -0.2) is 8.78 Å². The van der Waals surface area contributed by atoms with Crippen LogP contribution >= 0.6 is 0 Å². The zero-order valence-corrected chi connectivity index (χ0v) is 14.2. The SMILES string of the molecule is BC1c2c(ccc(C)c2F)-c2ccc(OCC3CCCC3)c(F)c21. The van der Waals surface area contributed by atoms with Gasteiger partial charge in [0.1, 0.15) is 13.7 Å². The number of ether oxygens (including phenoxy) is 1. The van der Waals surface area contributed by atoms with Crippen molar-refractivity contribution in [2.24, 2.45) is 5.92 Å². The van der Waals surface area contributed by atoms with Crippen LogP contribution in [-0.4, -0.2) is 14.5 Å². The van der Waals surface area contributed by atoms with Crippen LogP contribution in [0.4, 0.5) is 8.78 Å². The largest absolute Gasteiger partial charge is 0.490 e. The Hall–Kier alpha value is -1.84. The number of hydrogen-bond donors (Lipinski definition) is 0. The van der Waals surface area contributed by atoms with Crippen LogP contribution in [0, 0.1) is 24.5 Å². The van der Waals surface area contributed by atoms with Crippen molar-refractivity contribution in [1.82, 2.24) is 0 Å². The van der Waals surface area contributed by atoms with E-state index in [-0.39, 0.29) is 17.5 Å². The topological polar surface area (TPSA) is 9.23 Å². The lowest BCUT2D eigenvalue weighted by molar-refractivity contribution is 0.241. The summed E-state index contributed by atoms with van der Waals surface area (Å²) in [7, 11) is 1.87. The predicted molar refractivity (Wildman–Crippen MR) is 94.4 cm³/mol. The van der Waals surface area contributed by atoms with Crippen molar-refractivity contribution in [3.8, 4) is 16.9 Å². The first-order chi connectivity index (χ1) is 11.6. The molecule has 0 heterocycles. The molecule has 1 fully saturated rings. The van der Waals surface area contributed by atoms with Gasteiger partial charge in [-0.1, -0.05) is 31.0 Å². The molecule has 0 aliphatic heterocycles. The van der Waals surface area contributed by atoms with Gasteiger partial charge in [-0.05, 0) is 65.4 Å². The minimum Gasteiger partial charge on any atom is -0.490 e. The first kappa shape index (κ1) is 15.7. The predicted octanol–water partition coefficient (Wildman–Crippen LogP) is 4.55. The Bertz CT molecular complexity index is 797. The summed E-state index contributed by atoms with van der Waals surface area (Å²) in [4.78, 5) is 0. The molecule has 2 aromatic carbocycles. The monoisotopic (exact) mass is 326 g/mol. The van der Waals surface area contributed by atoms with Crippen molar-refractivity contribution in [3.05, 3.63) is 52.6 Å². The van der Waals surface area contributed by atoms with E-state index in [2.05, 4.69) is 0 Å². The summed E-state index contributed by atoms with van der Waals surface area (Å²) in [6.07, 6.45) is 4.81. The lowest BCUT2D eigenvalue weighted by Crippen LogP contribution is -2.10. The lowest BCUT2D eigenvalue weighted by Gasteiger charge is -2.15. The van der Waals surface area contributed by atoms with Gasteiger partial charge in [0.25, 0.3) is 0 Å². The third kappa shape index (κ3) is 2.35. The highest BCUT2D eigenvalue weighted by Crippen LogP contribution is 2.47. The Labute approximate surface area is 142 Å². The van der Waals surface area contributed by atoms with E-state index < -0.39 is 0 Å². The van der Waals surface area contributed by atoms with Gasteiger partial charge in [0, 0.05) is 0 Å². The summed E-state index contributed by atoms with van der Waals surface area (Å²) >= 11 is 0. The summed E-state index contributed by atoms with van der Waals surface area (Å²) in [6, 6.07) is 7.23. The molecule has 2 aromatic rings. The Morgan fingerprint density at radius 3 is 2.33 bits per heavy atom. The quantitative estimate of drug-likeness (QED) is 0.752. The van der Waals surface area contributed by atoms with Crippen molar-refractivity contribution in [3.63, 3.8) is 0 Å². The fourth-order valence-electron chi connectivity index (χ4n) is 4.23. The minimum absolute atomic E-state index is 0.218. The van der Waals surface area contributed by atoms with Gasteiger partial charge < -0.3 is 4.74 Å². The molecule has 0 bridgehead atoms. The van der Waals surface area contributed by atoms with Crippen molar-refractivity contribution < 1.29 is 13.5 Å². The Kier molecular flexibility index (Phi) is 3.86. The smallest absolute Gasteiger partial charge is 0.168 e. The average molecular weight is 326 g/mol. The maximum atomic E-state index is 15.0. The molecule has 2 aliphatic rings. The highest BCUT2D eigenvalue weighted by Gasteiger charge is 2.33. The minimum atomic E-state index is -0.328. The van der Waals surface area contributed by atoms with Crippen molar-refractivity contribution in [2.75, 3.05) is 6.61 Å². The van der Waals surface area contributed by atoms with E-state index in [9.17, 15) is 4.39 Å². The summed E-state index contributed by atoms with van der Waals surface area (Å²) < 4.78 is 35.4. The summed E-state index contributed by atoms with van der Waals surface area (Å²) in [5, 5.41) is 0. The van der Waals surface area contributed by atoms with Crippen molar-refractivity contribution in [2.45, 2.75) is 38.4 Å². The molecule has 124 valence electrons. The van der Waals surface area contributed by atoms with Crippen LogP contribution in [0.1, 0.15) is 48.2 Å². The molecule has 1 saturated carbocycles. The molecule has 0 radical (unpaired) electrons. The molecule has 0 amide bonds. The molecular weight excluding hydrogens is 305 g/mol. The molecular formula is C20H21BF2O. The second-order valence-corrected chi connectivity index (χ2v) is 7.18. The van der Waals surface area contributed by atoms with Crippen LogP contribution in [0.5, 0.6) is 5.75 Å². The fourth-order valence-corrected chi connectivity index (χ4v) is 4.23. The van der Waals surface area contributed by atoms with E-state index in [4.69, 9.17) is 4.74 Å². The number of fused-ring (bicyclic) bond motifs is 3. The molecule has 1 atom stereocenters.